The second-order valence-electron chi connectivity index (χ2n) is 6.30. The number of aryl methyl sites for hydroxylation is 1. The van der Waals surface area contributed by atoms with Gasteiger partial charge in [-0.1, -0.05) is 41.9 Å². The molecule has 0 aromatic carbocycles. The molecule has 0 spiro atoms. The highest BCUT2D eigenvalue weighted by Crippen LogP contribution is 2.52. The SMILES string of the molecule is COC1=C(Br)C(C(=O)O)=C(Br)C(C)(C)C1C=CCc1cc(C)cs1. The molecule has 1 aliphatic carbocycles. The van der Waals surface area contributed by atoms with Crippen LogP contribution in [0.25, 0.3) is 0 Å². The summed E-state index contributed by atoms with van der Waals surface area (Å²) in [5.74, 6) is -0.400. The number of ether oxygens (including phenoxy) is 1. The van der Waals surface area contributed by atoms with Crippen molar-refractivity contribution in [1.29, 1.82) is 0 Å². The van der Waals surface area contributed by atoms with Gasteiger partial charge in [-0.3, -0.25) is 0 Å². The number of hydrogen-bond acceptors (Lipinski definition) is 3. The Labute approximate surface area is 163 Å². The van der Waals surface area contributed by atoms with Crippen LogP contribution in [0.2, 0.25) is 0 Å². The van der Waals surface area contributed by atoms with Crippen molar-refractivity contribution < 1.29 is 14.6 Å². The summed E-state index contributed by atoms with van der Waals surface area (Å²) in [5.41, 5.74) is 1.08. The zero-order chi connectivity index (χ0) is 18.1. The summed E-state index contributed by atoms with van der Waals surface area (Å²) < 4.78 is 6.71. The van der Waals surface area contributed by atoms with Gasteiger partial charge in [0.05, 0.1) is 17.2 Å². The summed E-state index contributed by atoms with van der Waals surface area (Å²) in [6, 6.07) is 2.18. The Balaban J connectivity index is 2.36. The summed E-state index contributed by atoms with van der Waals surface area (Å²) >= 11 is 8.66. The molecule has 0 saturated heterocycles. The van der Waals surface area contributed by atoms with Crippen molar-refractivity contribution in [3.63, 3.8) is 0 Å². The average Bonchev–Trinajstić information content (AvgIpc) is 2.90. The molecule has 1 aromatic heterocycles. The fraction of sp³-hybridized carbons (Fsp3) is 0.389. The lowest BCUT2D eigenvalue weighted by Crippen LogP contribution is -2.32. The Bertz CT molecular complexity index is 741. The predicted molar refractivity (Wildman–Crippen MR) is 106 cm³/mol. The smallest absolute Gasteiger partial charge is 0.337 e. The van der Waals surface area contributed by atoms with E-state index in [4.69, 9.17) is 4.74 Å². The first kappa shape index (κ1) is 19.5. The van der Waals surface area contributed by atoms with Crippen molar-refractivity contribution in [1.82, 2.24) is 0 Å². The molecule has 130 valence electrons. The highest BCUT2D eigenvalue weighted by Gasteiger charge is 2.43. The standard InChI is InChI=1S/C18H20Br2O3S/c1-10-8-11(24-9-10)6-5-7-12-15(23-4)14(19)13(17(21)22)16(20)18(12,2)3/h5,7-9,12H,6H2,1-4H3,(H,21,22). The molecule has 6 heteroatoms. The Kier molecular flexibility index (Phi) is 6.15. The van der Waals surface area contributed by atoms with Crippen LogP contribution in [0.3, 0.4) is 0 Å². The Morgan fingerprint density at radius 3 is 2.62 bits per heavy atom. The number of methoxy groups -OCH3 is 1. The highest BCUT2D eigenvalue weighted by molar-refractivity contribution is 9.12. The maximum atomic E-state index is 11.6. The van der Waals surface area contributed by atoms with Gasteiger partial charge in [0.25, 0.3) is 0 Å². The number of aliphatic carboxylic acids is 1. The van der Waals surface area contributed by atoms with Gasteiger partial charge in [0.15, 0.2) is 0 Å². The van der Waals surface area contributed by atoms with Gasteiger partial charge in [-0.2, -0.15) is 0 Å². The first-order chi connectivity index (χ1) is 11.2. The van der Waals surface area contributed by atoms with Crippen LogP contribution < -0.4 is 0 Å². The minimum Gasteiger partial charge on any atom is -0.499 e. The molecule has 0 radical (unpaired) electrons. The van der Waals surface area contributed by atoms with Gasteiger partial charge in [0, 0.05) is 20.7 Å². The van der Waals surface area contributed by atoms with Gasteiger partial charge in [-0.05, 0) is 46.3 Å². The van der Waals surface area contributed by atoms with Crippen LogP contribution >= 0.6 is 43.2 Å². The number of allylic oxidation sites excluding steroid dienone is 3. The summed E-state index contributed by atoms with van der Waals surface area (Å²) in [7, 11) is 1.58. The van der Waals surface area contributed by atoms with Gasteiger partial charge < -0.3 is 9.84 Å². The highest BCUT2D eigenvalue weighted by atomic mass is 79.9. The number of rotatable bonds is 5. The lowest BCUT2D eigenvalue weighted by atomic mass is 9.72. The maximum Gasteiger partial charge on any atom is 0.337 e. The summed E-state index contributed by atoms with van der Waals surface area (Å²) in [5, 5.41) is 11.7. The third kappa shape index (κ3) is 3.70. The van der Waals surface area contributed by atoms with Gasteiger partial charge in [-0.15, -0.1) is 11.3 Å². The molecule has 1 unspecified atom stereocenters. The van der Waals surface area contributed by atoms with Crippen molar-refractivity contribution in [2.24, 2.45) is 11.3 Å². The van der Waals surface area contributed by atoms with Gasteiger partial charge in [-0.25, -0.2) is 4.79 Å². The second-order valence-corrected chi connectivity index (χ2v) is 8.88. The van der Waals surface area contributed by atoms with E-state index in [1.165, 1.54) is 10.4 Å². The number of halogens is 2. The Hall–Kier alpha value is -0.850. The van der Waals surface area contributed by atoms with Crippen molar-refractivity contribution in [2.75, 3.05) is 7.11 Å². The van der Waals surface area contributed by atoms with Crippen molar-refractivity contribution in [3.05, 3.63) is 54.3 Å². The molecule has 1 atom stereocenters. The third-order valence-electron chi connectivity index (χ3n) is 4.15. The fourth-order valence-corrected chi connectivity index (χ4v) is 5.30. The molecule has 2 rings (SSSR count). The van der Waals surface area contributed by atoms with Crippen molar-refractivity contribution in [3.8, 4) is 0 Å². The van der Waals surface area contributed by atoms with Crippen LogP contribution in [0.4, 0.5) is 0 Å². The molecule has 1 N–H and O–H groups in total. The first-order valence-electron chi connectivity index (χ1n) is 7.48. The van der Waals surface area contributed by atoms with E-state index in [9.17, 15) is 9.90 Å². The van der Waals surface area contributed by atoms with Crippen LogP contribution in [0.5, 0.6) is 0 Å². The molecular formula is C18H20Br2O3S. The molecule has 1 aromatic rings. The van der Waals surface area contributed by atoms with Crippen molar-refractivity contribution >= 4 is 49.2 Å². The molecule has 0 amide bonds. The minimum absolute atomic E-state index is 0.0598. The van der Waals surface area contributed by atoms with Gasteiger partial charge in [0.2, 0.25) is 0 Å². The molecule has 0 fully saturated rings. The Morgan fingerprint density at radius 2 is 2.12 bits per heavy atom. The molecule has 0 bridgehead atoms. The zero-order valence-corrected chi connectivity index (χ0v) is 18.0. The summed E-state index contributed by atoms with van der Waals surface area (Å²) in [4.78, 5) is 12.9. The quantitative estimate of drug-likeness (QED) is 0.547. The van der Waals surface area contributed by atoms with E-state index in [0.717, 1.165) is 6.42 Å². The minimum atomic E-state index is -0.979. The average molecular weight is 476 g/mol. The summed E-state index contributed by atoms with van der Waals surface area (Å²) in [6.07, 6.45) is 5.09. The predicted octanol–water partition coefficient (Wildman–Crippen LogP) is 5.80. The van der Waals surface area contributed by atoms with E-state index in [2.05, 4.69) is 62.4 Å². The van der Waals surface area contributed by atoms with Gasteiger partial charge in [0.1, 0.15) is 5.76 Å². The van der Waals surface area contributed by atoms with Crippen LogP contribution in [-0.2, 0) is 16.0 Å². The van der Waals surface area contributed by atoms with Crippen LogP contribution in [0, 0.1) is 18.3 Å². The monoisotopic (exact) mass is 474 g/mol. The Morgan fingerprint density at radius 1 is 1.46 bits per heavy atom. The van der Waals surface area contributed by atoms with Crippen molar-refractivity contribution in [2.45, 2.75) is 27.2 Å². The molecule has 24 heavy (non-hydrogen) atoms. The molecule has 0 saturated carbocycles. The van der Waals surface area contributed by atoms with E-state index >= 15 is 0 Å². The number of carboxylic acids is 1. The molecule has 1 heterocycles. The number of hydrogen-bond donors (Lipinski definition) is 1. The van der Waals surface area contributed by atoms with E-state index in [0.29, 0.717) is 14.7 Å². The first-order valence-corrected chi connectivity index (χ1v) is 9.95. The number of thiophene rings is 1. The lowest BCUT2D eigenvalue weighted by molar-refractivity contribution is -0.132. The van der Waals surface area contributed by atoms with E-state index in [1.54, 1.807) is 18.4 Å². The van der Waals surface area contributed by atoms with E-state index in [-0.39, 0.29) is 11.5 Å². The number of carboxylic acid groups (broad SMARTS) is 1. The topological polar surface area (TPSA) is 46.5 Å². The molecule has 1 aliphatic rings. The maximum absolute atomic E-state index is 11.6. The van der Waals surface area contributed by atoms with Crippen LogP contribution in [0.15, 0.2) is 43.9 Å². The lowest BCUT2D eigenvalue weighted by Gasteiger charge is -2.38. The fourth-order valence-electron chi connectivity index (χ4n) is 2.79. The molecule has 0 aliphatic heterocycles. The van der Waals surface area contributed by atoms with Gasteiger partial charge >= 0.3 is 5.97 Å². The van der Waals surface area contributed by atoms with E-state index in [1.807, 2.05) is 13.8 Å². The molecule has 3 nitrogen and oxygen atoms in total. The second kappa shape index (κ2) is 7.58. The van der Waals surface area contributed by atoms with Crippen LogP contribution in [-0.4, -0.2) is 18.2 Å². The zero-order valence-electron chi connectivity index (χ0n) is 14.0. The normalized spacial score (nSPS) is 20.8. The summed E-state index contributed by atoms with van der Waals surface area (Å²) in [6.45, 7) is 6.12. The largest absolute Gasteiger partial charge is 0.499 e. The third-order valence-corrected chi connectivity index (χ3v) is 7.43. The van der Waals surface area contributed by atoms with E-state index < -0.39 is 11.4 Å². The van der Waals surface area contributed by atoms with Crippen LogP contribution in [0.1, 0.15) is 24.3 Å². The number of carbonyl (C=O) groups is 1. The molecular weight excluding hydrogens is 456 g/mol.